The Balaban J connectivity index is 1.35. The zero-order chi connectivity index (χ0) is 34.2. The Kier molecular flexibility index (Phi) is 8.50. The van der Waals surface area contributed by atoms with Gasteiger partial charge in [-0.05, 0) is 46.1 Å². The Morgan fingerprint density at radius 3 is 2.20 bits per heavy atom. The van der Waals surface area contributed by atoms with E-state index in [9.17, 15) is 24.6 Å². The van der Waals surface area contributed by atoms with Crippen molar-refractivity contribution < 1.29 is 24.6 Å². The van der Waals surface area contributed by atoms with E-state index in [0.29, 0.717) is 50.4 Å². The van der Waals surface area contributed by atoms with Crippen LogP contribution in [0.2, 0.25) is 0 Å². The maximum atomic E-state index is 14.0. The van der Waals surface area contributed by atoms with Crippen molar-refractivity contribution in [2.24, 2.45) is 5.41 Å². The van der Waals surface area contributed by atoms with Crippen LogP contribution in [0.15, 0.2) is 115 Å². The second kappa shape index (κ2) is 12.9. The third-order valence-corrected chi connectivity index (χ3v) is 10.6. The normalized spacial score (nSPS) is 23.1. The standard InChI is InChI=1S/C40H38N4O5/c1-42-20-22-44(23-21-42)40(38(48)49)35(34-15-7-12-29-9-3-5-14-33(29)34)16-18-39(37(46)47,36(40)26-45)24-31-25-41-27-43(31)19-17-30-11-6-10-28-8-2-4-13-32(28)30/h2-16,18,25,27,35H,17,19-24H2,1H3,(H,46,47)(H,48,49). The summed E-state index contributed by atoms with van der Waals surface area (Å²) in [6.45, 7) is 2.32. The van der Waals surface area contributed by atoms with E-state index < -0.39 is 28.8 Å². The Morgan fingerprint density at radius 1 is 0.857 bits per heavy atom. The van der Waals surface area contributed by atoms with Crippen LogP contribution >= 0.6 is 0 Å². The number of hydrogen-bond acceptors (Lipinski definition) is 6. The van der Waals surface area contributed by atoms with Crippen molar-refractivity contribution in [3.05, 3.63) is 132 Å². The fourth-order valence-corrected chi connectivity index (χ4v) is 8.02. The van der Waals surface area contributed by atoms with Crippen LogP contribution in [0.1, 0.15) is 22.7 Å². The van der Waals surface area contributed by atoms with Crippen molar-refractivity contribution in [3.63, 3.8) is 0 Å². The average molecular weight is 655 g/mol. The summed E-state index contributed by atoms with van der Waals surface area (Å²) in [7, 11) is 1.96. The summed E-state index contributed by atoms with van der Waals surface area (Å²) >= 11 is 0. The molecule has 0 saturated carbocycles. The van der Waals surface area contributed by atoms with Gasteiger partial charge in [0.1, 0.15) is 11.4 Å². The highest BCUT2D eigenvalue weighted by molar-refractivity contribution is 5.98. The Morgan fingerprint density at radius 2 is 1.51 bits per heavy atom. The summed E-state index contributed by atoms with van der Waals surface area (Å²) in [5, 5.41) is 26.5. The van der Waals surface area contributed by atoms with Crippen LogP contribution in [0, 0.1) is 5.41 Å². The van der Waals surface area contributed by atoms with E-state index in [1.807, 2.05) is 78.2 Å². The van der Waals surface area contributed by atoms with Gasteiger partial charge in [0.2, 0.25) is 0 Å². The predicted octanol–water partition coefficient (Wildman–Crippen LogP) is 5.23. The van der Waals surface area contributed by atoms with E-state index in [0.717, 1.165) is 27.1 Å². The van der Waals surface area contributed by atoms with Crippen LogP contribution in [-0.2, 0) is 33.8 Å². The number of aromatic nitrogens is 2. The molecule has 1 aliphatic carbocycles. The second-order valence-electron chi connectivity index (χ2n) is 13.2. The molecule has 2 heterocycles. The number of likely N-dealkylation sites (N-methyl/N-ethyl adjacent to an activating group) is 1. The fraction of sp³-hybridized carbons (Fsp3) is 0.275. The molecule has 1 aromatic heterocycles. The first kappa shape index (κ1) is 32.2. The van der Waals surface area contributed by atoms with E-state index in [2.05, 4.69) is 34.1 Å². The quantitative estimate of drug-likeness (QED) is 0.164. The van der Waals surface area contributed by atoms with Crippen molar-refractivity contribution in [1.82, 2.24) is 19.4 Å². The fourth-order valence-electron chi connectivity index (χ4n) is 8.02. The number of rotatable bonds is 9. The van der Waals surface area contributed by atoms with Gasteiger partial charge in [0.05, 0.1) is 11.9 Å². The van der Waals surface area contributed by atoms with Gasteiger partial charge in [0.25, 0.3) is 0 Å². The van der Waals surface area contributed by atoms with Gasteiger partial charge in [0.15, 0.2) is 5.54 Å². The van der Waals surface area contributed by atoms with Gasteiger partial charge in [-0.1, -0.05) is 97.1 Å². The minimum atomic E-state index is -2.01. The number of hydrogen-bond donors (Lipinski definition) is 2. The number of carbonyl (C=O) groups excluding carboxylic acids is 1. The molecule has 0 bridgehead atoms. The summed E-state index contributed by atoms with van der Waals surface area (Å²) in [5.41, 5.74) is -1.85. The molecule has 3 atom stereocenters. The summed E-state index contributed by atoms with van der Waals surface area (Å²) in [6.07, 6.45) is 7.02. The molecule has 4 aromatic carbocycles. The number of carboxylic acid groups (broad SMARTS) is 2. The molecule has 5 aromatic rings. The van der Waals surface area contributed by atoms with Crippen LogP contribution in [-0.4, -0.2) is 86.2 Å². The minimum Gasteiger partial charge on any atom is -0.480 e. The number of benzene rings is 4. The van der Waals surface area contributed by atoms with Crippen molar-refractivity contribution in [2.75, 3.05) is 33.2 Å². The average Bonchev–Trinajstić information content (AvgIpc) is 3.56. The molecule has 1 fully saturated rings. The molecule has 2 aliphatic rings. The third-order valence-electron chi connectivity index (χ3n) is 10.6. The van der Waals surface area contributed by atoms with Crippen molar-refractivity contribution in [2.45, 2.75) is 30.8 Å². The summed E-state index contributed by atoms with van der Waals surface area (Å²) in [5.74, 6) is -1.45. The predicted molar refractivity (Wildman–Crippen MR) is 188 cm³/mol. The van der Waals surface area contributed by atoms with Crippen LogP contribution in [0.3, 0.4) is 0 Å². The molecular weight excluding hydrogens is 616 g/mol. The summed E-state index contributed by atoms with van der Waals surface area (Å²) in [6, 6.07) is 27.8. The van der Waals surface area contributed by atoms with Crippen LogP contribution in [0.5, 0.6) is 0 Å². The highest BCUT2D eigenvalue weighted by Crippen LogP contribution is 2.53. The summed E-state index contributed by atoms with van der Waals surface area (Å²) < 4.78 is 1.90. The van der Waals surface area contributed by atoms with E-state index in [4.69, 9.17) is 0 Å². The number of carboxylic acids is 2. The lowest BCUT2D eigenvalue weighted by molar-refractivity contribution is -0.154. The maximum absolute atomic E-state index is 14.0. The number of aryl methyl sites for hydroxylation is 2. The van der Waals surface area contributed by atoms with Gasteiger partial charge >= 0.3 is 11.9 Å². The Hall–Kier alpha value is -5.34. The molecule has 1 aliphatic heterocycles. The number of aliphatic carboxylic acids is 2. The molecule has 248 valence electrons. The van der Waals surface area contributed by atoms with Crippen LogP contribution in [0.4, 0.5) is 0 Å². The molecule has 7 rings (SSSR count). The highest BCUT2D eigenvalue weighted by Gasteiger charge is 2.64. The Labute approximate surface area is 284 Å². The highest BCUT2D eigenvalue weighted by atomic mass is 16.4. The second-order valence-corrected chi connectivity index (χ2v) is 13.2. The molecule has 0 spiro atoms. The first-order valence-corrected chi connectivity index (χ1v) is 16.6. The molecule has 1 saturated heterocycles. The van der Waals surface area contributed by atoms with Crippen molar-refractivity contribution in [3.8, 4) is 0 Å². The Bertz CT molecular complexity index is 2130. The number of nitrogens with zero attached hydrogens (tertiary/aromatic N) is 4. The molecule has 49 heavy (non-hydrogen) atoms. The zero-order valence-electron chi connectivity index (χ0n) is 27.3. The van der Waals surface area contributed by atoms with Crippen LogP contribution in [0.25, 0.3) is 21.5 Å². The molecule has 2 N–H and O–H groups in total. The number of piperazine rings is 1. The maximum Gasteiger partial charge on any atom is 0.330 e. The van der Waals surface area contributed by atoms with Gasteiger partial charge < -0.3 is 19.7 Å². The van der Waals surface area contributed by atoms with Crippen molar-refractivity contribution >= 4 is 39.4 Å². The lowest BCUT2D eigenvalue weighted by Crippen LogP contribution is -2.67. The number of fused-ring (bicyclic) bond motifs is 2. The van der Waals surface area contributed by atoms with Gasteiger partial charge in [-0.15, -0.1) is 0 Å². The molecule has 3 unspecified atom stereocenters. The molecule has 9 nitrogen and oxygen atoms in total. The minimum absolute atomic E-state index is 0.163. The largest absolute Gasteiger partial charge is 0.480 e. The lowest BCUT2D eigenvalue weighted by Gasteiger charge is -2.53. The number of imidazole rings is 1. The molecule has 9 heteroatoms. The van der Waals surface area contributed by atoms with E-state index in [1.54, 1.807) is 23.5 Å². The molecular formula is C40H38N4O5. The van der Waals surface area contributed by atoms with Gasteiger partial charge in [-0.25, -0.2) is 14.6 Å². The van der Waals surface area contributed by atoms with E-state index in [-0.39, 0.29) is 12.0 Å². The van der Waals surface area contributed by atoms with Crippen LogP contribution < -0.4 is 0 Å². The summed E-state index contributed by atoms with van der Waals surface area (Å²) in [4.78, 5) is 49.3. The zero-order valence-corrected chi connectivity index (χ0v) is 27.3. The van der Waals surface area contributed by atoms with E-state index in [1.165, 1.54) is 6.08 Å². The lowest BCUT2D eigenvalue weighted by atomic mass is 9.58. The first-order chi connectivity index (χ1) is 23.8. The topological polar surface area (TPSA) is 116 Å². The van der Waals surface area contributed by atoms with Gasteiger partial charge in [-0.2, -0.15) is 0 Å². The SMILES string of the molecule is CN1CCN(C2(C(=O)O)C(=C=O)C(Cc3cncn3CCc3cccc4ccccc34)(C(=O)O)C=CC2c2cccc3ccccc23)CC1. The van der Waals surface area contributed by atoms with Crippen molar-refractivity contribution in [1.29, 1.82) is 0 Å². The first-order valence-electron chi connectivity index (χ1n) is 16.6. The van der Waals surface area contributed by atoms with Gasteiger partial charge in [0, 0.05) is 57.0 Å². The van der Waals surface area contributed by atoms with E-state index >= 15 is 0 Å². The molecule has 0 radical (unpaired) electrons. The third kappa shape index (κ3) is 5.36. The molecule has 0 amide bonds. The monoisotopic (exact) mass is 654 g/mol. The number of carbonyl (C=O) groups is 2. The smallest absolute Gasteiger partial charge is 0.330 e. The van der Waals surface area contributed by atoms with Gasteiger partial charge in [-0.3, -0.25) is 9.69 Å².